The number of nitrogens with zero attached hydrogens (tertiary/aromatic N) is 2. The van der Waals surface area contributed by atoms with E-state index in [0.29, 0.717) is 58.2 Å². The van der Waals surface area contributed by atoms with E-state index in [1.807, 2.05) is 13.8 Å². The molecular formula is C29H36FN5O3. The molecule has 1 aromatic carbocycles. The Bertz CT molecular complexity index is 1370. The molecule has 3 aromatic rings. The first kappa shape index (κ1) is 26.1. The van der Waals surface area contributed by atoms with Gasteiger partial charge in [-0.1, -0.05) is 19.9 Å². The molecule has 2 aliphatic carbocycles. The van der Waals surface area contributed by atoms with Crippen LogP contribution in [0.2, 0.25) is 0 Å². The van der Waals surface area contributed by atoms with Gasteiger partial charge in [-0.2, -0.15) is 0 Å². The summed E-state index contributed by atoms with van der Waals surface area (Å²) in [5, 5.41) is 6.26. The van der Waals surface area contributed by atoms with Gasteiger partial charge in [0.15, 0.2) is 0 Å². The number of benzene rings is 1. The van der Waals surface area contributed by atoms with Crippen molar-refractivity contribution in [3.05, 3.63) is 41.1 Å². The number of aromatic amines is 1. The Morgan fingerprint density at radius 1 is 1.13 bits per heavy atom. The van der Waals surface area contributed by atoms with Crippen LogP contribution in [0, 0.1) is 31.5 Å². The van der Waals surface area contributed by atoms with Crippen molar-refractivity contribution in [1.82, 2.24) is 25.6 Å². The Balaban J connectivity index is 1.42. The molecular weight excluding hydrogens is 485 g/mol. The van der Waals surface area contributed by atoms with Crippen LogP contribution < -0.4 is 15.4 Å². The normalized spacial score (nSPS) is 21.3. The second-order valence-electron chi connectivity index (χ2n) is 10.9. The van der Waals surface area contributed by atoms with Crippen molar-refractivity contribution in [2.24, 2.45) is 11.8 Å². The van der Waals surface area contributed by atoms with E-state index in [9.17, 15) is 9.59 Å². The molecule has 3 N–H and O–H groups in total. The van der Waals surface area contributed by atoms with Gasteiger partial charge in [0.1, 0.15) is 29.1 Å². The summed E-state index contributed by atoms with van der Waals surface area (Å²) in [5.74, 6) is 0.609. The lowest BCUT2D eigenvalue weighted by Gasteiger charge is -2.35. The predicted molar refractivity (Wildman–Crippen MR) is 143 cm³/mol. The third-order valence-corrected chi connectivity index (χ3v) is 7.88. The van der Waals surface area contributed by atoms with Crippen molar-refractivity contribution in [2.75, 3.05) is 6.61 Å². The minimum atomic E-state index is -0.391. The van der Waals surface area contributed by atoms with Gasteiger partial charge in [-0.3, -0.25) is 9.59 Å². The zero-order valence-corrected chi connectivity index (χ0v) is 22.5. The largest absolute Gasteiger partial charge is 0.492 e. The van der Waals surface area contributed by atoms with Crippen molar-refractivity contribution >= 4 is 22.8 Å². The van der Waals surface area contributed by atoms with Crippen molar-refractivity contribution in [3.63, 3.8) is 0 Å². The number of rotatable bonds is 8. The molecule has 3 atom stereocenters. The van der Waals surface area contributed by atoms with Crippen molar-refractivity contribution in [3.8, 4) is 17.0 Å². The number of halogens is 1. The molecule has 0 spiro atoms. The first-order valence-electron chi connectivity index (χ1n) is 13.6. The molecule has 5 rings (SSSR count). The van der Waals surface area contributed by atoms with Crippen LogP contribution in [-0.2, 0) is 4.79 Å². The molecule has 9 heteroatoms. The summed E-state index contributed by atoms with van der Waals surface area (Å²) in [6, 6.07) is 3.62. The van der Waals surface area contributed by atoms with E-state index in [-0.39, 0.29) is 35.4 Å². The lowest BCUT2D eigenvalue weighted by molar-refractivity contribution is -0.121. The molecule has 38 heavy (non-hydrogen) atoms. The highest BCUT2D eigenvalue weighted by molar-refractivity contribution is 6.09. The Morgan fingerprint density at radius 3 is 2.63 bits per heavy atom. The van der Waals surface area contributed by atoms with Crippen molar-refractivity contribution < 1.29 is 18.7 Å². The fourth-order valence-corrected chi connectivity index (χ4v) is 5.40. The van der Waals surface area contributed by atoms with Crippen LogP contribution in [0.5, 0.6) is 5.75 Å². The number of nitrogens with one attached hydrogen (secondary N) is 3. The van der Waals surface area contributed by atoms with E-state index >= 15 is 4.39 Å². The zero-order chi connectivity index (χ0) is 27.0. The maximum atomic E-state index is 15.5. The topological polar surface area (TPSA) is 109 Å². The average molecular weight is 522 g/mol. The summed E-state index contributed by atoms with van der Waals surface area (Å²) >= 11 is 0. The van der Waals surface area contributed by atoms with Gasteiger partial charge in [-0.05, 0) is 69.4 Å². The summed E-state index contributed by atoms with van der Waals surface area (Å²) in [4.78, 5) is 37.4. The first-order chi connectivity index (χ1) is 18.3. The third-order valence-electron chi connectivity index (χ3n) is 7.88. The van der Waals surface area contributed by atoms with E-state index in [4.69, 9.17) is 4.74 Å². The number of carbonyl (C=O) groups is 2. The number of aromatic nitrogens is 3. The number of amides is 2. The Morgan fingerprint density at radius 2 is 1.92 bits per heavy atom. The minimum Gasteiger partial charge on any atom is -0.492 e. The van der Waals surface area contributed by atoms with Crippen LogP contribution in [0.4, 0.5) is 4.39 Å². The molecule has 0 saturated heterocycles. The molecule has 0 radical (unpaired) electrons. The van der Waals surface area contributed by atoms with Crippen molar-refractivity contribution in [2.45, 2.75) is 78.3 Å². The SMILES string of the molecule is CCC(=O)N[C@H]1CC[C@H](NC(=O)c2c(C)[nH]c3c(-c4c(OCC5CC5)ccc(C)c4F)ncnc23)[C@H](C)C1. The van der Waals surface area contributed by atoms with E-state index < -0.39 is 5.82 Å². The molecule has 8 nitrogen and oxygen atoms in total. The third kappa shape index (κ3) is 5.24. The second-order valence-corrected chi connectivity index (χ2v) is 10.9. The molecule has 0 bridgehead atoms. The van der Waals surface area contributed by atoms with Gasteiger partial charge in [0.2, 0.25) is 5.91 Å². The molecule has 202 valence electrons. The molecule has 2 aliphatic rings. The average Bonchev–Trinajstić information content (AvgIpc) is 3.66. The highest BCUT2D eigenvalue weighted by Gasteiger charge is 2.31. The minimum absolute atomic E-state index is 0.0143. The molecule has 0 aliphatic heterocycles. The lowest BCUT2D eigenvalue weighted by atomic mass is 9.82. The monoisotopic (exact) mass is 521 g/mol. The number of aryl methyl sites for hydroxylation is 2. The van der Waals surface area contributed by atoms with Crippen LogP contribution in [0.25, 0.3) is 22.3 Å². The highest BCUT2D eigenvalue weighted by Crippen LogP contribution is 2.39. The van der Waals surface area contributed by atoms with Crippen molar-refractivity contribution in [1.29, 1.82) is 0 Å². The Kier molecular flexibility index (Phi) is 7.36. The first-order valence-corrected chi connectivity index (χ1v) is 13.6. The maximum absolute atomic E-state index is 15.5. The number of fused-ring (bicyclic) bond motifs is 1. The molecule has 2 heterocycles. The molecule has 2 amide bonds. The van der Waals surface area contributed by atoms with E-state index in [2.05, 4.69) is 32.5 Å². The van der Waals surface area contributed by atoms with Gasteiger partial charge in [0.05, 0.1) is 23.3 Å². The quantitative estimate of drug-likeness (QED) is 0.387. The van der Waals surface area contributed by atoms with Crippen LogP contribution in [0.3, 0.4) is 0 Å². The fraction of sp³-hybridized carbons (Fsp3) is 0.517. The lowest BCUT2D eigenvalue weighted by Crippen LogP contribution is -2.48. The number of hydrogen-bond donors (Lipinski definition) is 3. The van der Waals surface area contributed by atoms with E-state index in [0.717, 1.165) is 32.1 Å². The van der Waals surface area contributed by atoms with Gasteiger partial charge in [-0.25, -0.2) is 14.4 Å². The highest BCUT2D eigenvalue weighted by atomic mass is 19.1. The van der Waals surface area contributed by atoms with Gasteiger partial charge in [0.25, 0.3) is 5.91 Å². The number of hydrogen-bond acceptors (Lipinski definition) is 5. The van der Waals surface area contributed by atoms with Gasteiger partial charge < -0.3 is 20.4 Å². The number of carbonyl (C=O) groups excluding carboxylic acids is 2. The van der Waals surface area contributed by atoms with Gasteiger partial charge >= 0.3 is 0 Å². The smallest absolute Gasteiger partial charge is 0.255 e. The summed E-state index contributed by atoms with van der Waals surface area (Å²) in [6.07, 6.45) is 6.50. The standard InChI is InChI=1S/C29H36FN5O3/c1-5-22(36)34-19-9-10-20(16(3)12-19)35-29(37)23-17(4)33-28-26(23)31-14-32-27(28)24-21(38-13-18-7-8-18)11-6-15(2)25(24)30/h6,11,14,16,18-20,33H,5,7-10,12-13H2,1-4H3,(H,34,36)(H,35,37)/t16-,19+,20+/m1/s1. The zero-order valence-electron chi connectivity index (χ0n) is 22.5. The second kappa shape index (κ2) is 10.7. The summed E-state index contributed by atoms with van der Waals surface area (Å²) in [6.45, 7) is 8.02. The van der Waals surface area contributed by atoms with Gasteiger partial charge in [-0.15, -0.1) is 0 Å². The fourth-order valence-electron chi connectivity index (χ4n) is 5.40. The van der Waals surface area contributed by atoms with Gasteiger partial charge in [0, 0.05) is 24.2 Å². The summed E-state index contributed by atoms with van der Waals surface area (Å²) < 4.78 is 21.5. The number of H-pyrrole nitrogens is 1. The van der Waals surface area contributed by atoms with Crippen LogP contribution in [0.15, 0.2) is 18.5 Å². The van der Waals surface area contributed by atoms with E-state index in [1.165, 1.54) is 6.33 Å². The molecule has 0 unspecified atom stereocenters. The molecule has 2 fully saturated rings. The van der Waals surface area contributed by atoms with Crippen LogP contribution in [-0.4, -0.2) is 45.5 Å². The summed E-state index contributed by atoms with van der Waals surface area (Å²) in [7, 11) is 0. The van der Waals surface area contributed by atoms with Crippen LogP contribution >= 0.6 is 0 Å². The summed E-state index contributed by atoms with van der Waals surface area (Å²) in [5.41, 5.74) is 3.20. The molecule has 2 saturated carbocycles. The number of ether oxygens (including phenoxy) is 1. The Labute approximate surface area is 222 Å². The maximum Gasteiger partial charge on any atom is 0.255 e. The van der Waals surface area contributed by atoms with E-state index in [1.54, 1.807) is 19.1 Å². The Hall–Kier alpha value is -3.49. The predicted octanol–water partition coefficient (Wildman–Crippen LogP) is 4.98. The van der Waals surface area contributed by atoms with Crippen LogP contribution in [0.1, 0.15) is 74.0 Å². The molecule has 2 aromatic heterocycles.